The van der Waals surface area contributed by atoms with Gasteiger partial charge in [0.15, 0.2) is 5.82 Å². The van der Waals surface area contributed by atoms with Crippen LogP contribution in [0.5, 0.6) is 6.01 Å². The summed E-state index contributed by atoms with van der Waals surface area (Å²) in [4.78, 5) is 28.8. The minimum atomic E-state index is -0.581. The molecule has 6 heterocycles. The zero-order chi connectivity index (χ0) is 29.4. The number of ether oxygens (including phenoxy) is 3. The topological polar surface area (TPSA) is 80.3 Å². The lowest BCUT2D eigenvalue weighted by atomic mass is 9.94. The Hall–Kier alpha value is -2.57. The number of amides is 1. The first kappa shape index (κ1) is 28.2. The number of fused-ring (bicyclic) bond motifs is 6. The predicted octanol–water partition coefficient (Wildman–Crippen LogP) is 5.62. The van der Waals surface area contributed by atoms with Crippen molar-refractivity contribution in [3.05, 3.63) is 33.3 Å². The van der Waals surface area contributed by atoms with Crippen molar-refractivity contribution in [1.82, 2.24) is 19.8 Å². The van der Waals surface area contributed by atoms with Gasteiger partial charge in [-0.1, -0.05) is 0 Å². The average molecular weight is 649 g/mol. The van der Waals surface area contributed by atoms with Gasteiger partial charge in [0.25, 0.3) is 0 Å². The zero-order valence-corrected chi connectivity index (χ0v) is 25.8. The molecule has 3 unspecified atom stereocenters. The van der Waals surface area contributed by atoms with E-state index in [4.69, 9.17) is 19.2 Å². The van der Waals surface area contributed by atoms with Crippen molar-refractivity contribution in [2.45, 2.75) is 89.3 Å². The lowest BCUT2D eigenvalue weighted by molar-refractivity contribution is 0.0209. The van der Waals surface area contributed by atoms with Crippen molar-refractivity contribution < 1.29 is 27.8 Å². The lowest BCUT2D eigenvalue weighted by Gasteiger charge is -2.42. The molecule has 9 nitrogen and oxygen atoms in total. The SMILES string of the molecule is CC(C)(C)OC(=O)N1CC2CCC(C1)N2c1nc(OCC23CCCN2CC(=CF)C3)nc2c(F)c(Br)c3c(c12)COC3. The Labute approximate surface area is 252 Å². The highest BCUT2D eigenvalue weighted by Gasteiger charge is 2.48. The predicted molar refractivity (Wildman–Crippen MR) is 156 cm³/mol. The second-order valence-corrected chi connectivity index (χ2v) is 14.1. The molecule has 226 valence electrons. The van der Waals surface area contributed by atoms with Gasteiger partial charge in [-0.05, 0) is 86.5 Å². The maximum atomic E-state index is 16.0. The van der Waals surface area contributed by atoms with Crippen LogP contribution in [0, 0.1) is 5.82 Å². The number of piperazine rings is 1. The molecule has 3 atom stereocenters. The van der Waals surface area contributed by atoms with Crippen LogP contribution in [0.2, 0.25) is 0 Å². The third-order valence-electron chi connectivity index (χ3n) is 9.39. The quantitative estimate of drug-likeness (QED) is 0.423. The summed E-state index contributed by atoms with van der Waals surface area (Å²) in [6.07, 6.45) is 4.66. The largest absolute Gasteiger partial charge is 0.461 e. The number of hydrogen-bond donors (Lipinski definition) is 0. The summed E-state index contributed by atoms with van der Waals surface area (Å²) >= 11 is 3.45. The lowest BCUT2D eigenvalue weighted by Crippen LogP contribution is -2.56. The van der Waals surface area contributed by atoms with Crippen molar-refractivity contribution in [3.63, 3.8) is 0 Å². The summed E-state index contributed by atoms with van der Waals surface area (Å²) in [5.74, 6) is 0.155. The summed E-state index contributed by atoms with van der Waals surface area (Å²) < 4.78 is 47.5. The number of aromatic nitrogens is 2. The Morgan fingerprint density at radius 3 is 2.64 bits per heavy atom. The molecule has 2 bridgehead atoms. The third kappa shape index (κ3) is 4.64. The fourth-order valence-corrected chi connectivity index (χ4v) is 8.12. The van der Waals surface area contributed by atoms with Crippen molar-refractivity contribution in [2.75, 3.05) is 37.7 Å². The van der Waals surface area contributed by atoms with E-state index in [0.29, 0.717) is 67.9 Å². The molecule has 0 N–H and O–H groups in total. The van der Waals surface area contributed by atoms with Crippen LogP contribution in [-0.2, 0) is 22.7 Å². The van der Waals surface area contributed by atoms with E-state index in [2.05, 4.69) is 30.7 Å². The van der Waals surface area contributed by atoms with Crippen LogP contribution in [0.3, 0.4) is 0 Å². The molecule has 5 aliphatic heterocycles. The van der Waals surface area contributed by atoms with E-state index in [1.165, 1.54) is 0 Å². The second-order valence-electron chi connectivity index (χ2n) is 13.3. The Morgan fingerprint density at radius 2 is 1.93 bits per heavy atom. The van der Waals surface area contributed by atoms with Crippen molar-refractivity contribution in [3.8, 4) is 6.01 Å². The Balaban J connectivity index is 1.26. The molecule has 2 aromatic rings. The maximum absolute atomic E-state index is 16.0. The Morgan fingerprint density at radius 1 is 1.19 bits per heavy atom. The fraction of sp³-hybridized carbons (Fsp3) is 0.633. The van der Waals surface area contributed by atoms with Gasteiger partial charge in [-0.25, -0.2) is 13.6 Å². The highest BCUT2D eigenvalue weighted by molar-refractivity contribution is 9.10. The van der Waals surface area contributed by atoms with Gasteiger partial charge in [-0.2, -0.15) is 9.97 Å². The van der Waals surface area contributed by atoms with Crippen LogP contribution >= 0.6 is 15.9 Å². The standard InChI is InChI=1S/C30H36BrF2N5O4/c1-29(2,3)42-28(39)36-12-18-5-6-19(13-36)38(18)26-22-20-14-40-15-21(20)23(31)24(33)25(22)34-27(35-26)41-16-30-7-4-8-37(30)11-17(9-30)10-32/h10,18-19H,4-9,11-16H2,1-3H3. The normalized spacial score (nSPS) is 28.2. The van der Waals surface area contributed by atoms with Gasteiger partial charge < -0.3 is 24.0 Å². The Bertz CT molecular complexity index is 1470. The zero-order valence-electron chi connectivity index (χ0n) is 24.2. The van der Waals surface area contributed by atoms with E-state index in [1.54, 1.807) is 4.90 Å². The van der Waals surface area contributed by atoms with E-state index in [1.807, 2.05) is 20.8 Å². The van der Waals surface area contributed by atoms with Gasteiger partial charge in [0.1, 0.15) is 23.5 Å². The number of hydrogen-bond acceptors (Lipinski definition) is 8. The average Bonchev–Trinajstić information content (AvgIpc) is 3.70. The van der Waals surface area contributed by atoms with Gasteiger partial charge in [0, 0.05) is 37.3 Å². The summed E-state index contributed by atoms with van der Waals surface area (Å²) in [5, 5.41) is 0.641. The number of halogens is 3. The summed E-state index contributed by atoms with van der Waals surface area (Å²) in [6.45, 7) is 9.01. The molecule has 0 aliphatic carbocycles. The third-order valence-corrected chi connectivity index (χ3v) is 10.2. The Kier molecular flexibility index (Phi) is 6.89. The number of nitrogens with zero attached hydrogens (tertiary/aromatic N) is 5. The highest BCUT2D eigenvalue weighted by atomic mass is 79.9. The van der Waals surface area contributed by atoms with Gasteiger partial charge in [-0.3, -0.25) is 4.90 Å². The van der Waals surface area contributed by atoms with Crippen LogP contribution in [0.4, 0.5) is 19.4 Å². The van der Waals surface area contributed by atoms with Crippen LogP contribution in [0.1, 0.15) is 64.0 Å². The van der Waals surface area contributed by atoms with E-state index in [-0.39, 0.29) is 35.2 Å². The molecule has 12 heteroatoms. The first-order chi connectivity index (χ1) is 20.1. The maximum Gasteiger partial charge on any atom is 0.410 e. The summed E-state index contributed by atoms with van der Waals surface area (Å²) in [5.41, 5.74) is 1.72. The minimum absolute atomic E-state index is 0.0112. The number of benzene rings is 1. The molecule has 4 fully saturated rings. The molecule has 1 amide bonds. The number of likely N-dealkylation sites (tertiary alicyclic amines) is 1. The van der Waals surface area contributed by atoms with Crippen molar-refractivity contribution in [1.29, 1.82) is 0 Å². The van der Waals surface area contributed by atoms with Crippen molar-refractivity contribution in [2.24, 2.45) is 0 Å². The molecule has 0 saturated carbocycles. The van der Waals surface area contributed by atoms with Crippen LogP contribution in [0.25, 0.3) is 10.9 Å². The molecule has 7 rings (SSSR count). The molecule has 0 radical (unpaired) electrons. The molecular weight excluding hydrogens is 612 g/mol. The van der Waals surface area contributed by atoms with Crippen LogP contribution in [-0.4, -0.2) is 81.9 Å². The fourth-order valence-electron chi connectivity index (χ4n) is 7.58. The molecule has 42 heavy (non-hydrogen) atoms. The summed E-state index contributed by atoms with van der Waals surface area (Å²) in [7, 11) is 0. The molecule has 1 aromatic carbocycles. The highest BCUT2D eigenvalue weighted by Crippen LogP contribution is 2.45. The number of carbonyl (C=O) groups is 1. The van der Waals surface area contributed by atoms with Gasteiger partial charge in [-0.15, -0.1) is 0 Å². The van der Waals surface area contributed by atoms with E-state index < -0.39 is 11.4 Å². The molecule has 5 aliphatic rings. The molecule has 0 spiro atoms. The number of anilines is 1. The minimum Gasteiger partial charge on any atom is -0.461 e. The number of carbonyl (C=O) groups excluding carboxylic acids is 1. The summed E-state index contributed by atoms with van der Waals surface area (Å²) in [6, 6.07) is 0.0841. The smallest absolute Gasteiger partial charge is 0.410 e. The van der Waals surface area contributed by atoms with E-state index in [0.717, 1.165) is 48.9 Å². The molecular formula is C30H36BrF2N5O4. The van der Waals surface area contributed by atoms with Crippen LogP contribution < -0.4 is 9.64 Å². The second kappa shape index (κ2) is 10.3. The van der Waals surface area contributed by atoms with E-state index in [9.17, 15) is 9.18 Å². The van der Waals surface area contributed by atoms with E-state index >= 15 is 4.39 Å². The van der Waals surface area contributed by atoms with Crippen molar-refractivity contribution >= 4 is 38.7 Å². The monoisotopic (exact) mass is 647 g/mol. The van der Waals surface area contributed by atoms with Gasteiger partial charge in [0.05, 0.1) is 34.9 Å². The first-order valence-electron chi connectivity index (χ1n) is 14.8. The van der Waals surface area contributed by atoms with Gasteiger partial charge >= 0.3 is 12.1 Å². The van der Waals surface area contributed by atoms with Crippen LogP contribution in [0.15, 0.2) is 16.4 Å². The molecule has 4 saturated heterocycles. The van der Waals surface area contributed by atoms with Gasteiger partial charge in [0.2, 0.25) is 0 Å². The number of rotatable bonds is 4. The molecule has 1 aromatic heterocycles. The first-order valence-corrected chi connectivity index (χ1v) is 15.6.